The molecule has 0 radical (unpaired) electrons. The van der Waals surface area contributed by atoms with Crippen LogP contribution in [0.3, 0.4) is 0 Å². The highest BCUT2D eigenvalue weighted by atomic mass is 16.3. The fourth-order valence-electron chi connectivity index (χ4n) is 1.74. The second-order valence-electron chi connectivity index (χ2n) is 3.89. The van der Waals surface area contributed by atoms with Crippen molar-refractivity contribution in [3.8, 4) is 11.5 Å². The summed E-state index contributed by atoms with van der Waals surface area (Å²) in [5.74, 6) is -0.0862. The van der Waals surface area contributed by atoms with E-state index >= 15 is 0 Å². The standard InChI is InChI=1S/C11H13NO2/c1-7-3-8-4-10(13)11(14)5-9(8)6-12(7)2/h4-7,14H,3H2,1-2H3/p+1. The first-order valence-electron chi connectivity index (χ1n) is 4.69. The monoisotopic (exact) mass is 192 g/mol. The maximum absolute atomic E-state index is 9.35. The van der Waals surface area contributed by atoms with Gasteiger partial charge in [-0.05, 0) is 24.6 Å². The fraction of sp³-hybridized carbons (Fsp3) is 0.364. The lowest BCUT2D eigenvalue weighted by Gasteiger charge is -2.16. The van der Waals surface area contributed by atoms with E-state index in [1.165, 1.54) is 0 Å². The number of rotatable bonds is 0. The summed E-state index contributed by atoms with van der Waals surface area (Å²) in [5, 5.41) is 18.7. The molecule has 1 aromatic carbocycles. The number of aromatic hydroxyl groups is 2. The van der Waals surface area contributed by atoms with Crippen LogP contribution in [0.5, 0.6) is 11.5 Å². The molecule has 3 heteroatoms. The van der Waals surface area contributed by atoms with Crippen LogP contribution in [0.1, 0.15) is 18.1 Å². The minimum atomic E-state index is -0.0528. The number of hydrogen-bond donors (Lipinski definition) is 2. The molecule has 0 fully saturated rings. The van der Waals surface area contributed by atoms with E-state index in [-0.39, 0.29) is 11.5 Å². The summed E-state index contributed by atoms with van der Waals surface area (Å²) < 4.78 is 2.11. The first-order valence-corrected chi connectivity index (χ1v) is 4.69. The summed E-state index contributed by atoms with van der Waals surface area (Å²) in [6.45, 7) is 2.13. The SMILES string of the molecule is CC1Cc2cc(O)c(O)cc2C=[N+]1C. The molecule has 2 rings (SSSR count). The molecule has 0 aliphatic carbocycles. The third-order valence-electron chi connectivity index (χ3n) is 2.79. The summed E-state index contributed by atoms with van der Waals surface area (Å²) in [6.07, 6.45) is 2.89. The van der Waals surface area contributed by atoms with E-state index in [0.717, 1.165) is 17.5 Å². The summed E-state index contributed by atoms with van der Waals surface area (Å²) in [5.41, 5.74) is 2.08. The van der Waals surface area contributed by atoms with Crippen molar-refractivity contribution >= 4 is 6.21 Å². The van der Waals surface area contributed by atoms with Crippen LogP contribution >= 0.6 is 0 Å². The van der Waals surface area contributed by atoms with E-state index in [4.69, 9.17) is 0 Å². The molecule has 1 heterocycles. The van der Waals surface area contributed by atoms with Crippen LogP contribution in [0.25, 0.3) is 0 Å². The average molecular weight is 192 g/mol. The molecule has 1 aliphatic rings. The Morgan fingerprint density at radius 3 is 2.64 bits per heavy atom. The molecule has 0 saturated carbocycles. The van der Waals surface area contributed by atoms with E-state index in [1.807, 2.05) is 13.3 Å². The van der Waals surface area contributed by atoms with Crippen LogP contribution in [0.15, 0.2) is 12.1 Å². The number of phenolic OH excluding ortho intramolecular Hbond substituents is 2. The number of phenols is 2. The average Bonchev–Trinajstić information content (AvgIpc) is 2.11. The van der Waals surface area contributed by atoms with Crippen LogP contribution in [0.4, 0.5) is 0 Å². The summed E-state index contributed by atoms with van der Waals surface area (Å²) >= 11 is 0. The Kier molecular flexibility index (Phi) is 1.95. The van der Waals surface area contributed by atoms with Crippen molar-refractivity contribution in [3.63, 3.8) is 0 Å². The van der Waals surface area contributed by atoms with Gasteiger partial charge in [0, 0.05) is 12.0 Å². The molecule has 14 heavy (non-hydrogen) atoms. The van der Waals surface area contributed by atoms with Gasteiger partial charge in [0.15, 0.2) is 23.8 Å². The minimum absolute atomic E-state index is 0.0334. The third-order valence-corrected chi connectivity index (χ3v) is 2.79. The molecule has 0 spiro atoms. The van der Waals surface area contributed by atoms with Crippen LogP contribution < -0.4 is 0 Å². The normalized spacial score (nSPS) is 20.1. The molecule has 0 bridgehead atoms. The number of hydrogen-bond acceptors (Lipinski definition) is 2. The van der Waals surface area contributed by atoms with Crippen molar-refractivity contribution < 1.29 is 14.8 Å². The van der Waals surface area contributed by atoms with Gasteiger partial charge in [-0.25, -0.2) is 4.58 Å². The molecule has 0 aromatic heterocycles. The molecule has 1 unspecified atom stereocenters. The number of likely N-dealkylation sites (N-methyl/N-ethyl adjacent to an activating group) is 1. The van der Waals surface area contributed by atoms with Crippen molar-refractivity contribution in [3.05, 3.63) is 23.3 Å². The highest BCUT2D eigenvalue weighted by Crippen LogP contribution is 2.29. The highest BCUT2D eigenvalue weighted by molar-refractivity contribution is 5.80. The molecule has 3 nitrogen and oxygen atoms in total. The number of nitrogens with zero attached hydrogens (tertiary/aromatic N) is 1. The summed E-state index contributed by atoms with van der Waals surface area (Å²) in [6, 6.07) is 3.68. The minimum Gasteiger partial charge on any atom is -0.504 e. The predicted molar refractivity (Wildman–Crippen MR) is 54.3 cm³/mol. The maximum Gasteiger partial charge on any atom is 0.171 e. The zero-order valence-electron chi connectivity index (χ0n) is 8.36. The molecule has 1 atom stereocenters. The quantitative estimate of drug-likeness (QED) is 0.477. The van der Waals surface area contributed by atoms with Gasteiger partial charge >= 0.3 is 0 Å². The molecule has 1 aliphatic heterocycles. The Morgan fingerprint density at radius 1 is 1.29 bits per heavy atom. The van der Waals surface area contributed by atoms with Gasteiger partial charge in [0.25, 0.3) is 0 Å². The van der Waals surface area contributed by atoms with E-state index in [9.17, 15) is 10.2 Å². The topological polar surface area (TPSA) is 43.5 Å². The molecule has 1 aromatic rings. The van der Waals surface area contributed by atoms with Gasteiger partial charge in [-0.3, -0.25) is 0 Å². The molecule has 2 N–H and O–H groups in total. The molecular formula is C11H14NO2+. The van der Waals surface area contributed by atoms with Crippen LogP contribution in [-0.2, 0) is 6.42 Å². The van der Waals surface area contributed by atoms with Gasteiger partial charge in [0.1, 0.15) is 7.05 Å². The maximum atomic E-state index is 9.35. The molecule has 0 saturated heterocycles. The van der Waals surface area contributed by atoms with Gasteiger partial charge in [0.05, 0.1) is 0 Å². The third kappa shape index (κ3) is 1.35. The van der Waals surface area contributed by atoms with Crippen molar-refractivity contribution in [1.29, 1.82) is 0 Å². The van der Waals surface area contributed by atoms with Crippen LogP contribution in [0, 0.1) is 0 Å². The predicted octanol–water partition coefficient (Wildman–Crippen LogP) is 1.10. The van der Waals surface area contributed by atoms with Crippen molar-refractivity contribution in [2.45, 2.75) is 19.4 Å². The first-order chi connectivity index (χ1) is 6.58. The smallest absolute Gasteiger partial charge is 0.171 e. The summed E-state index contributed by atoms with van der Waals surface area (Å²) in [4.78, 5) is 0. The molecule has 74 valence electrons. The van der Waals surface area contributed by atoms with Gasteiger partial charge in [-0.2, -0.15) is 0 Å². The lowest BCUT2D eigenvalue weighted by Crippen LogP contribution is -2.27. The zero-order valence-corrected chi connectivity index (χ0v) is 8.36. The Morgan fingerprint density at radius 2 is 1.93 bits per heavy atom. The van der Waals surface area contributed by atoms with Crippen molar-refractivity contribution in [1.82, 2.24) is 0 Å². The van der Waals surface area contributed by atoms with E-state index in [2.05, 4.69) is 11.5 Å². The van der Waals surface area contributed by atoms with Gasteiger partial charge in [-0.1, -0.05) is 0 Å². The second-order valence-corrected chi connectivity index (χ2v) is 3.89. The summed E-state index contributed by atoms with van der Waals surface area (Å²) in [7, 11) is 2.01. The molecular weight excluding hydrogens is 178 g/mol. The van der Waals surface area contributed by atoms with Gasteiger partial charge < -0.3 is 10.2 Å². The van der Waals surface area contributed by atoms with Gasteiger partial charge in [0.2, 0.25) is 0 Å². The second kappa shape index (κ2) is 3.01. The van der Waals surface area contributed by atoms with Crippen LogP contribution in [0.2, 0.25) is 0 Å². The van der Waals surface area contributed by atoms with Gasteiger partial charge in [-0.15, -0.1) is 0 Å². The van der Waals surface area contributed by atoms with E-state index in [0.29, 0.717) is 6.04 Å². The Balaban J connectivity index is 2.55. The van der Waals surface area contributed by atoms with E-state index < -0.39 is 0 Å². The van der Waals surface area contributed by atoms with Crippen molar-refractivity contribution in [2.24, 2.45) is 0 Å². The highest BCUT2D eigenvalue weighted by Gasteiger charge is 2.21. The Labute approximate surface area is 82.9 Å². The van der Waals surface area contributed by atoms with Crippen molar-refractivity contribution in [2.75, 3.05) is 7.05 Å². The lowest BCUT2D eigenvalue weighted by atomic mass is 9.97. The van der Waals surface area contributed by atoms with Crippen LogP contribution in [-0.4, -0.2) is 34.1 Å². The number of fused-ring (bicyclic) bond motifs is 1. The number of benzene rings is 1. The largest absolute Gasteiger partial charge is 0.504 e. The Hall–Kier alpha value is -1.51. The molecule has 0 amide bonds. The fourth-order valence-corrected chi connectivity index (χ4v) is 1.74. The lowest BCUT2D eigenvalue weighted by molar-refractivity contribution is -0.530. The zero-order chi connectivity index (χ0) is 10.3. The Bertz CT molecular complexity index is 410. The van der Waals surface area contributed by atoms with E-state index in [1.54, 1.807) is 12.1 Å². The first kappa shape index (κ1) is 9.06.